The first-order chi connectivity index (χ1) is 16.1. The highest BCUT2D eigenvalue weighted by molar-refractivity contribution is 6.04. The number of carbonyl (C=O) groups excluding carboxylic acids is 2. The van der Waals surface area contributed by atoms with Crippen molar-refractivity contribution in [2.45, 2.75) is 26.1 Å². The molecule has 0 bridgehead atoms. The summed E-state index contributed by atoms with van der Waals surface area (Å²) in [6.45, 7) is 2.40. The average Bonchev–Trinajstić information content (AvgIpc) is 3.36. The Bertz CT molecular complexity index is 1300. The van der Waals surface area contributed by atoms with Crippen LogP contribution in [0.4, 0.5) is 0 Å². The number of nitrogens with one attached hydrogen (secondary N) is 1. The minimum absolute atomic E-state index is 0.180. The van der Waals surface area contributed by atoms with Crippen LogP contribution in [0.2, 0.25) is 0 Å². The topological polar surface area (TPSA) is 75.4 Å². The summed E-state index contributed by atoms with van der Waals surface area (Å²) < 4.78 is 5.87. The lowest BCUT2D eigenvalue weighted by atomic mass is 10.0. The zero-order valence-corrected chi connectivity index (χ0v) is 18.2. The molecule has 1 atom stereocenters. The molecule has 0 saturated carbocycles. The second-order valence-electron chi connectivity index (χ2n) is 8.01. The number of hydrogen-bond acceptors (Lipinski definition) is 4. The van der Waals surface area contributed by atoms with Crippen molar-refractivity contribution in [3.63, 3.8) is 0 Å². The molecule has 1 aliphatic rings. The van der Waals surface area contributed by atoms with Gasteiger partial charge in [-0.3, -0.25) is 9.59 Å². The van der Waals surface area contributed by atoms with Gasteiger partial charge in [-0.1, -0.05) is 66.7 Å². The van der Waals surface area contributed by atoms with E-state index in [0.717, 1.165) is 11.1 Å². The molecule has 6 heteroatoms. The monoisotopic (exact) mass is 437 g/mol. The fraction of sp³-hybridized carbons (Fsp3) is 0.148. The molecule has 6 nitrogen and oxygen atoms in total. The first-order valence-corrected chi connectivity index (χ1v) is 10.8. The van der Waals surface area contributed by atoms with Gasteiger partial charge in [0.1, 0.15) is 17.5 Å². The Labute approximate surface area is 191 Å². The molecule has 164 valence electrons. The van der Waals surface area contributed by atoms with Crippen LogP contribution in [0, 0.1) is 6.92 Å². The molecule has 1 aliphatic heterocycles. The average molecular weight is 437 g/mol. The number of benzene rings is 3. The minimum atomic E-state index is -0.728. The third-order valence-electron chi connectivity index (χ3n) is 5.85. The predicted octanol–water partition coefficient (Wildman–Crippen LogP) is 4.66. The smallest absolute Gasteiger partial charge is 0.255 e. The summed E-state index contributed by atoms with van der Waals surface area (Å²) in [6, 6.07) is 25.9. The van der Waals surface area contributed by atoms with Crippen LogP contribution in [0.3, 0.4) is 0 Å². The van der Waals surface area contributed by atoms with Crippen molar-refractivity contribution in [1.29, 1.82) is 0 Å². The van der Waals surface area contributed by atoms with Crippen LogP contribution >= 0.6 is 0 Å². The lowest BCUT2D eigenvalue weighted by Gasteiger charge is -2.24. The number of oxazole rings is 1. The van der Waals surface area contributed by atoms with Gasteiger partial charge < -0.3 is 14.6 Å². The predicted molar refractivity (Wildman–Crippen MR) is 124 cm³/mol. The van der Waals surface area contributed by atoms with Crippen molar-refractivity contribution in [3.05, 3.63) is 113 Å². The number of carbonyl (C=O) groups is 2. The molecule has 4 aromatic rings. The van der Waals surface area contributed by atoms with Gasteiger partial charge in [0, 0.05) is 17.7 Å². The van der Waals surface area contributed by atoms with E-state index in [1.54, 1.807) is 11.0 Å². The number of amides is 2. The first kappa shape index (κ1) is 20.7. The third kappa shape index (κ3) is 4.03. The summed E-state index contributed by atoms with van der Waals surface area (Å²) in [5, 5.41) is 2.99. The van der Waals surface area contributed by atoms with Crippen LogP contribution in [0.15, 0.2) is 89.3 Å². The molecule has 2 amide bonds. The minimum Gasteiger partial charge on any atom is -0.441 e. The van der Waals surface area contributed by atoms with Gasteiger partial charge >= 0.3 is 0 Å². The van der Waals surface area contributed by atoms with E-state index in [-0.39, 0.29) is 18.4 Å². The summed E-state index contributed by atoms with van der Waals surface area (Å²) in [5.74, 6) is 0.717. The van der Waals surface area contributed by atoms with E-state index in [1.165, 1.54) is 0 Å². The van der Waals surface area contributed by atoms with Crippen LogP contribution in [0.1, 0.15) is 39.0 Å². The second kappa shape index (κ2) is 8.74. The molecule has 2 heterocycles. The summed E-state index contributed by atoms with van der Waals surface area (Å²) in [6.07, 6.45) is 0. The highest BCUT2D eigenvalue weighted by atomic mass is 16.4. The fourth-order valence-electron chi connectivity index (χ4n) is 4.14. The van der Waals surface area contributed by atoms with E-state index in [9.17, 15) is 9.59 Å². The number of rotatable bonds is 6. The van der Waals surface area contributed by atoms with Gasteiger partial charge in [0.2, 0.25) is 11.8 Å². The molecular formula is C27H23N3O3. The molecule has 1 N–H and O–H groups in total. The van der Waals surface area contributed by atoms with Crippen LogP contribution in [0.25, 0.3) is 11.5 Å². The standard InChI is InChI=1S/C27H23N3O3/c1-18-23(29-26(33-18)20-12-6-3-7-13-20)17-30-24(21-14-8-9-15-22(21)27(30)32)25(31)28-16-19-10-4-2-5-11-19/h2-15,24H,16-17H2,1H3,(H,28,31). The number of nitrogens with zero attached hydrogens (tertiary/aromatic N) is 2. The number of fused-ring (bicyclic) bond motifs is 1. The molecule has 0 radical (unpaired) electrons. The quantitative estimate of drug-likeness (QED) is 0.476. The van der Waals surface area contributed by atoms with Gasteiger partial charge in [-0.25, -0.2) is 4.98 Å². The lowest BCUT2D eigenvalue weighted by Crippen LogP contribution is -2.38. The van der Waals surface area contributed by atoms with Gasteiger partial charge in [-0.15, -0.1) is 0 Å². The molecule has 33 heavy (non-hydrogen) atoms. The largest absolute Gasteiger partial charge is 0.441 e. The molecule has 1 aromatic heterocycles. The molecular weight excluding hydrogens is 414 g/mol. The maximum absolute atomic E-state index is 13.3. The normalized spacial score (nSPS) is 14.9. The molecule has 0 aliphatic carbocycles. The van der Waals surface area contributed by atoms with Crippen LogP contribution < -0.4 is 5.32 Å². The fourth-order valence-corrected chi connectivity index (χ4v) is 4.14. The summed E-state index contributed by atoms with van der Waals surface area (Å²) in [5.41, 5.74) is 3.74. The third-order valence-corrected chi connectivity index (χ3v) is 5.85. The van der Waals surface area contributed by atoms with Crippen molar-refractivity contribution < 1.29 is 14.0 Å². The first-order valence-electron chi connectivity index (χ1n) is 10.8. The van der Waals surface area contributed by atoms with Crippen LogP contribution in [-0.2, 0) is 17.9 Å². The summed E-state index contributed by atoms with van der Waals surface area (Å²) in [4.78, 5) is 32.8. The van der Waals surface area contributed by atoms with E-state index in [0.29, 0.717) is 35.0 Å². The van der Waals surface area contributed by atoms with Crippen molar-refractivity contribution in [2.75, 3.05) is 0 Å². The van der Waals surface area contributed by atoms with Gasteiger partial charge in [0.25, 0.3) is 5.91 Å². The maximum atomic E-state index is 13.3. The van der Waals surface area contributed by atoms with E-state index in [4.69, 9.17) is 4.42 Å². The van der Waals surface area contributed by atoms with Crippen LogP contribution in [-0.4, -0.2) is 21.7 Å². The van der Waals surface area contributed by atoms with Crippen molar-refractivity contribution >= 4 is 11.8 Å². The van der Waals surface area contributed by atoms with E-state index in [2.05, 4.69) is 10.3 Å². The maximum Gasteiger partial charge on any atom is 0.255 e. The Morgan fingerprint density at radius 1 is 0.970 bits per heavy atom. The van der Waals surface area contributed by atoms with E-state index < -0.39 is 6.04 Å². The van der Waals surface area contributed by atoms with Crippen molar-refractivity contribution in [2.24, 2.45) is 0 Å². The molecule has 0 saturated heterocycles. The van der Waals surface area contributed by atoms with E-state index in [1.807, 2.05) is 85.8 Å². The van der Waals surface area contributed by atoms with Gasteiger partial charge in [0.15, 0.2) is 0 Å². The van der Waals surface area contributed by atoms with Gasteiger partial charge in [0.05, 0.1) is 6.54 Å². The Morgan fingerprint density at radius 3 is 2.39 bits per heavy atom. The summed E-state index contributed by atoms with van der Waals surface area (Å²) in [7, 11) is 0. The van der Waals surface area contributed by atoms with E-state index >= 15 is 0 Å². The Morgan fingerprint density at radius 2 is 1.64 bits per heavy atom. The van der Waals surface area contributed by atoms with Crippen molar-refractivity contribution in [1.82, 2.24) is 15.2 Å². The highest BCUT2D eigenvalue weighted by Crippen LogP contribution is 2.35. The highest BCUT2D eigenvalue weighted by Gasteiger charge is 2.41. The van der Waals surface area contributed by atoms with Gasteiger partial charge in [-0.2, -0.15) is 0 Å². The Balaban J connectivity index is 1.42. The zero-order chi connectivity index (χ0) is 22.8. The molecule has 1 unspecified atom stereocenters. The second-order valence-corrected chi connectivity index (χ2v) is 8.01. The molecule has 0 fully saturated rings. The van der Waals surface area contributed by atoms with Crippen molar-refractivity contribution in [3.8, 4) is 11.5 Å². The number of aryl methyl sites for hydroxylation is 1. The summed E-state index contributed by atoms with van der Waals surface area (Å²) >= 11 is 0. The lowest BCUT2D eigenvalue weighted by molar-refractivity contribution is -0.125. The van der Waals surface area contributed by atoms with Gasteiger partial charge in [-0.05, 0) is 36.2 Å². The van der Waals surface area contributed by atoms with Crippen LogP contribution in [0.5, 0.6) is 0 Å². The molecule has 0 spiro atoms. The zero-order valence-electron chi connectivity index (χ0n) is 18.2. The number of hydrogen-bond donors (Lipinski definition) is 1. The Kier molecular flexibility index (Phi) is 5.48. The molecule has 3 aromatic carbocycles. The number of aromatic nitrogens is 1. The Hall–Kier alpha value is -4.19. The molecule has 5 rings (SSSR count). The SMILES string of the molecule is Cc1oc(-c2ccccc2)nc1CN1C(=O)c2ccccc2C1C(=O)NCc1ccccc1.